The lowest BCUT2D eigenvalue weighted by molar-refractivity contribution is -0.144. The van der Waals surface area contributed by atoms with Crippen molar-refractivity contribution in [3.05, 3.63) is 59.7 Å². The maximum atomic E-state index is 11.2. The first kappa shape index (κ1) is 16.8. The topological polar surface area (TPSA) is 105 Å². The van der Waals surface area contributed by atoms with Crippen molar-refractivity contribution in [3.63, 3.8) is 0 Å². The molecule has 0 bridgehead atoms. The van der Waals surface area contributed by atoms with Gasteiger partial charge in [-0.25, -0.2) is 5.43 Å². The number of aromatic hydroxyl groups is 1. The summed E-state index contributed by atoms with van der Waals surface area (Å²) in [7, 11) is 0. The monoisotopic (exact) mass is 316 g/mol. The molecule has 2 aromatic carbocycles. The van der Waals surface area contributed by atoms with Crippen LogP contribution < -0.4 is 16.0 Å². The van der Waals surface area contributed by atoms with E-state index < -0.39 is 11.5 Å². The van der Waals surface area contributed by atoms with Crippen molar-refractivity contribution in [1.82, 2.24) is 5.43 Å². The van der Waals surface area contributed by atoms with E-state index in [4.69, 9.17) is 10.6 Å². The van der Waals surface area contributed by atoms with Gasteiger partial charge in [-0.1, -0.05) is 36.4 Å². The molecular weight excluding hydrogens is 296 g/mol. The minimum absolute atomic E-state index is 0.0387. The summed E-state index contributed by atoms with van der Waals surface area (Å²) in [5.41, 5.74) is 2.61. The Morgan fingerprint density at radius 2 is 1.91 bits per heavy atom. The van der Waals surface area contributed by atoms with Crippen molar-refractivity contribution in [1.29, 1.82) is 0 Å². The number of carbonyl (C=O) groups is 1. The summed E-state index contributed by atoms with van der Waals surface area (Å²) < 4.78 is 5.58. The summed E-state index contributed by atoms with van der Waals surface area (Å²) in [5.74, 6) is 4.56. The van der Waals surface area contributed by atoms with Crippen molar-refractivity contribution < 1.29 is 19.7 Å². The fourth-order valence-electron chi connectivity index (χ4n) is 2.13. The van der Waals surface area contributed by atoms with Crippen LogP contribution in [0, 0.1) is 0 Å². The van der Waals surface area contributed by atoms with Gasteiger partial charge in [0, 0.05) is 6.42 Å². The molecule has 0 heterocycles. The molecule has 0 fully saturated rings. The number of hydrazine groups is 1. The van der Waals surface area contributed by atoms with Gasteiger partial charge in [0.1, 0.15) is 12.1 Å². The average molecular weight is 316 g/mol. The summed E-state index contributed by atoms with van der Waals surface area (Å²) in [6.45, 7) is 1.82. The van der Waals surface area contributed by atoms with Crippen molar-refractivity contribution in [2.45, 2.75) is 25.5 Å². The number of benzene rings is 2. The molecule has 1 atom stereocenters. The molecule has 0 saturated carbocycles. The van der Waals surface area contributed by atoms with E-state index in [2.05, 4.69) is 5.43 Å². The largest absolute Gasteiger partial charge is 0.504 e. The zero-order chi connectivity index (χ0) is 16.9. The van der Waals surface area contributed by atoms with Crippen LogP contribution in [0.3, 0.4) is 0 Å². The number of ether oxygens (including phenoxy) is 1. The number of aliphatic carboxylic acids is 1. The van der Waals surface area contributed by atoms with Crippen LogP contribution in [0.1, 0.15) is 18.1 Å². The molecule has 0 aliphatic carbocycles. The fraction of sp³-hybridized carbons (Fsp3) is 0.235. The number of hydrogen-bond donors (Lipinski definition) is 4. The first-order valence-corrected chi connectivity index (χ1v) is 7.14. The van der Waals surface area contributed by atoms with Gasteiger partial charge in [0.25, 0.3) is 0 Å². The predicted molar refractivity (Wildman–Crippen MR) is 85.9 cm³/mol. The summed E-state index contributed by atoms with van der Waals surface area (Å²) in [5, 5.41) is 19.3. The van der Waals surface area contributed by atoms with Crippen molar-refractivity contribution in [3.8, 4) is 11.5 Å². The smallest absolute Gasteiger partial charge is 0.325 e. The van der Waals surface area contributed by atoms with Crippen LogP contribution in [0.4, 0.5) is 0 Å². The molecule has 122 valence electrons. The van der Waals surface area contributed by atoms with Crippen LogP contribution in [0.5, 0.6) is 11.5 Å². The second kappa shape index (κ2) is 7.13. The Hall–Kier alpha value is -2.57. The molecule has 2 rings (SSSR count). The highest BCUT2D eigenvalue weighted by molar-refractivity contribution is 5.78. The second-order valence-electron chi connectivity index (χ2n) is 5.53. The molecule has 23 heavy (non-hydrogen) atoms. The van der Waals surface area contributed by atoms with Gasteiger partial charge in [-0.05, 0) is 30.2 Å². The number of phenols is 1. The first-order chi connectivity index (χ1) is 10.9. The minimum Gasteiger partial charge on any atom is -0.504 e. The number of hydrogen-bond acceptors (Lipinski definition) is 5. The lowest BCUT2D eigenvalue weighted by Gasteiger charge is -2.23. The predicted octanol–water partition coefficient (Wildman–Crippen LogP) is 1.82. The number of carboxylic acids is 1. The molecule has 5 N–H and O–H groups in total. The zero-order valence-electron chi connectivity index (χ0n) is 12.8. The van der Waals surface area contributed by atoms with E-state index in [0.29, 0.717) is 17.9 Å². The lowest BCUT2D eigenvalue weighted by atomic mass is 9.93. The van der Waals surface area contributed by atoms with Gasteiger partial charge in [0.05, 0.1) is 0 Å². The summed E-state index contributed by atoms with van der Waals surface area (Å²) in [6, 6.07) is 14.4. The van der Waals surface area contributed by atoms with Crippen molar-refractivity contribution in [2.75, 3.05) is 0 Å². The van der Waals surface area contributed by atoms with Crippen LogP contribution in [-0.2, 0) is 17.8 Å². The highest BCUT2D eigenvalue weighted by Gasteiger charge is 2.32. The number of phenolic OH excluding ortho intramolecular Hbond substituents is 1. The third kappa shape index (κ3) is 4.21. The van der Waals surface area contributed by atoms with E-state index >= 15 is 0 Å². The molecule has 0 aromatic heterocycles. The normalized spacial score (nSPS) is 13.3. The summed E-state index contributed by atoms with van der Waals surface area (Å²) in [4.78, 5) is 11.2. The number of carboxylic acid groups (broad SMARTS) is 1. The maximum Gasteiger partial charge on any atom is 0.325 e. The lowest BCUT2D eigenvalue weighted by Crippen LogP contribution is -2.54. The number of nitrogens with one attached hydrogen (secondary N) is 1. The number of nitrogens with two attached hydrogens (primary N) is 1. The van der Waals surface area contributed by atoms with E-state index in [0.717, 1.165) is 5.56 Å². The Balaban J connectivity index is 2.07. The molecule has 0 radical (unpaired) electrons. The van der Waals surface area contributed by atoms with Crippen molar-refractivity contribution in [2.24, 2.45) is 5.84 Å². The van der Waals surface area contributed by atoms with Crippen molar-refractivity contribution >= 4 is 5.97 Å². The van der Waals surface area contributed by atoms with Crippen LogP contribution in [0.15, 0.2) is 48.5 Å². The molecule has 0 saturated heterocycles. The van der Waals surface area contributed by atoms with Gasteiger partial charge >= 0.3 is 5.97 Å². The van der Waals surface area contributed by atoms with E-state index in [1.165, 1.54) is 13.0 Å². The van der Waals surface area contributed by atoms with Crippen LogP contribution in [0.2, 0.25) is 0 Å². The molecular formula is C17H20N2O4. The van der Waals surface area contributed by atoms with Crippen LogP contribution >= 0.6 is 0 Å². The molecule has 6 heteroatoms. The molecule has 1 unspecified atom stereocenters. The summed E-state index contributed by atoms with van der Waals surface area (Å²) in [6.07, 6.45) is 0.130. The fourth-order valence-corrected chi connectivity index (χ4v) is 2.13. The van der Waals surface area contributed by atoms with Gasteiger partial charge in [-0.3, -0.25) is 10.6 Å². The minimum atomic E-state index is -1.31. The van der Waals surface area contributed by atoms with E-state index in [-0.39, 0.29) is 12.2 Å². The van der Waals surface area contributed by atoms with Gasteiger partial charge in [0.15, 0.2) is 11.5 Å². The Morgan fingerprint density at radius 3 is 2.48 bits per heavy atom. The zero-order valence-corrected chi connectivity index (χ0v) is 12.8. The summed E-state index contributed by atoms with van der Waals surface area (Å²) >= 11 is 0. The van der Waals surface area contributed by atoms with Gasteiger partial charge in [-0.2, -0.15) is 0 Å². The van der Waals surface area contributed by atoms with Gasteiger partial charge in [-0.15, -0.1) is 0 Å². The van der Waals surface area contributed by atoms with E-state index in [9.17, 15) is 15.0 Å². The first-order valence-electron chi connectivity index (χ1n) is 7.14. The third-order valence-corrected chi connectivity index (χ3v) is 3.61. The van der Waals surface area contributed by atoms with E-state index in [1.807, 2.05) is 30.3 Å². The molecule has 6 nitrogen and oxygen atoms in total. The van der Waals surface area contributed by atoms with Crippen LogP contribution in [0.25, 0.3) is 0 Å². The third-order valence-electron chi connectivity index (χ3n) is 3.61. The second-order valence-corrected chi connectivity index (χ2v) is 5.53. The average Bonchev–Trinajstić information content (AvgIpc) is 2.54. The molecule has 0 aliphatic rings. The SMILES string of the molecule is CC(Cc1ccc(OCc2ccccc2)c(O)c1)(NN)C(=O)O. The number of rotatable bonds is 7. The van der Waals surface area contributed by atoms with Gasteiger partial charge < -0.3 is 14.9 Å². The quantitative estimate of drug-likeness (QED) is 0.459. The van der Waals surface area contributed by atoms with Gasteiger partial charge in [0.2, 0.25) is 0 Å². The highest BCUT2D eigenvalue weighted by Crippen LogP contribution is 2.29. The van der Waals surface area contributed by atoms with Crippen LogP contribution in [-0.4, -0.2) is 21.7 Å². The maximum absolute atomic E-state index is 11.2. The molecule has 0 spiro atoms. The molecule has 0 aliphatic heterocycles. The molecule has 2 aromatic rings. The highest BCUT2D eigenvalue weighted by atomic mass is 16.5. The molecule has 0 amide bonds. The standard InChI is InChI=1S/C17H20N2O4/c1-17(19-18,16(21)22)10-13-7-8-15(14(20)9-13)23-11-12-5-3-2-4-6-12/h2-9,19-20H,10-11,18H2,1H3,(H,21,22). The Labute approximate surface area is 134 Å². The Kier molecular flexibility index (Phi) is 5.20. The Morgan fingerprint density at radius 1 is 1.22 bits per heavy atom. The van der Waals surface area contributed by atoms with E-state index in [1.54, 1.807) is 12.1 Å². The Bertz CT molecular complexity index is 676.